The normalized spacial score (nSPS) is 10.2. The van der Waals surface area contributed by atoms with Gasteiger partial charge in [0.2, 0.25) is 0 Å². The lowest BCUT2D eigenvalue weighted by Crippen LogP contribution is -2.12. The number of amides is 1. The van der Waals surface area contributed by atoms with Crippen molar-refractivity contribution in [1.29, 1.82) is 0 Å². The number of nitrogens with one attached hydrogen (secondary N) is 1. The smallest absolute Gasteiger partial charge is 0.257 e. The number of carbonyl (C=O) groups excluding carboxylic acids is 1. The molecule has 0 bridgehead atoms. The van der Waals surface area contributed by atoms with Crippen molar-refractivity contribution in [2.75, 3.05) is 5.32 Å². The molecule has 1 amide bonds. The minimum absolute atomic E-state index is 0.0235. The van der Waals surface area contributed by atoms with E-state index in [2.05, 4.69) is 10.3 Å². The average molecular weight is 285 g/mol. The van der Waals surface area contributed by atoms with E-state index in [0.29, 0.717) is 5.69 Å². The summed E-state index contributed by atoms with van der Waals surface area (Å²) >= 11 is 11.4. The molecule has 0 saturated heterocycles. The molecule has 0 unspecified atom stereocenters. The molecular weight excluding hydrogens is 278 g/mol. The molecule has 6 heteroatoms. The lowest BCUT2D eigenvalue weighted by molar-refractivity contribution is 0.102. The largest absolute Gasteiger partial charge is 0.322 e. The zero-order valence-electron chi connectivity index (χ0n) is 8.95. The van der Waals surface area contributed by atoms with E-state index < -0.39 is 11.7 Å². The van der Waals surface area contributed by atoms with Crippen LogP contribution in [0.4, 0.5) is 10.1 Å². The topological polar surface area (TPSA) is 42.0 Å². The second-order valence-corrected chi connectivity index (χ2v) is 4.25. The highest BCUT2D eigenvalue weighted by Gasteiger charge is 2.14. The lowest BCUT2D eigenvalue weighted by Gasteiger charge is -2.07. The molecule has 92 valence electrons. The molecule has 2 aromatic rings. The van der Waals surface area contributed by atoms with E-state index in [1.165, 1.54) is 18.5 Å². The number of benzene rings is 1. The van der Waals surface area contributed by atoms with Crippen LogP contribution >= 0.6 is 23.2 Å². The van der Waals surface area contributed by atoms with Gasteiger partial charge in [-0.05, 0) is 24.3 Å². The van der Waals surface area contributed by atoms with E-state index >= 15 is 0 Å². The molecule has 1 aromatic carbocycles. The molecule has 0 aliphatic carbocycles. The number of halogens is 3. The Labute approximate surface area is 113 Å². The highest BCUT2D eigenvalue weighted by atomic mass is 35.5. The minimum atomic E-state index is -0.694. The van der Waals surface area contributed by atoms with E-state index in [-0.39, 0.29) is 15.6 Å². The molecule has 0 aliphatic heterocycles. The average Bonchev–Trinajstić information content (AvgIpc) is 2.35. The van der Waals surface area contributed by atoms with Gasteiger partial charge in [0.15, 0.2) is 0 Å². The van der Waals surface area contributed by atoms with Crippen molar-refractivity contribution in [3.05, 3.63) is 58.1 Å². The Morgan fingerprint density at radius 1 is 1.17 bits per heavy atom. The number of carbonyl (C=O) groups is 1. The molecule has 18 heavy (non-hydrogen) atoms. The number of anilines is 1. The van der Waals surface area contributed by atoms with Gasteiger partial charge in [-0.25, -0.2) is 4.39 Å². The van der Waals surface area contributed by atoms with Crippen molar-refractivity contribution in [2.45, 2.75) is 0 Å². The molecule has 1 heterocycles. The molecule has 0 aliphatic rings. The SMILES string of the molecule is O=C(Nc1ccncc1)c1cc(F)c(Cl)cc1Cl. The van der Waals surface area contributed by atoms with Gasteiger partial charge in [-0.15, -0.1) is 0 Å². The van der Waals surface area contributed by atoms with Gasteiger partial charge >= 0.3 is 0 Å². The molecule has 1 aromatic heterocycles. The van der Waals surface area contributed by atoms with Crippen LogP contribution in [-0.2, 0) is 0 Å². The maximum atomic E-state index is 13.3. The van der Waals surface area contributed by atoms with E-state index in [0.717, 1.165) is 6.07 Å². The highest BCUT2D eigenvalue weighted by Crippen LogP contribution is 2.25. The summed E-state index contributed by atoms with van der Waals surface area (Å²) in [5, 5.41) is 2.54. The fourth-order valence-corrected chi connectivity index (χ4v) is 1.80. The Morgan fingerprint density at radius 2 is 1.83 bits per heavy atom. The zero-order chi connectivity index (χ0) is 13.1. The number of pyridine rings is 1. The van der Waals surface area contributed by atoms with Crippen molar-refractivity contribution in [3.8, 4) is 0 Å². The fourth-order valence-electron chi connectivity index (χ4n) is 1.33. The summed E-state index contributed by atoms with van der Waals surface area (Å²) in [5.41, 5.74) is 0.566. The second kappa shape index (κ2) is 5.33. The second-order valence-electron chi connectivity index (χ2n) is 3.44. The summed E-state index contributed by atoms with van der Waals surface area (Å²) in [4.78, 5) is 15.7. The third kappa shape index (κ3) is 2.78. The van der Waals surface area contributed by atoms with Crippen LogP contribution in [0.2, 0.25) is 10.0 Å². The van der Waals surface area contributed by atoms with E-state index in [9.17, 15) is 9.18 Å². The van der Waals surface area contributed by atoms with Crippen molar-refractivity contribution >= 4 is 34.8 Å². The van der Waals surface area contributed by atoms with Gasteiger partial charge in [0.05, 0.1) is 15.6 Å². The maximum Gasteiger partial charge on any atom is 0.257 e. The summed E-state index contributed by atoms with van der Waals surface area (Å²) in [6, 6.07) is 5.41. The van der Waals surface area contributed by atoms with Crippen LogP contribution in [0.1, 0.15) is 10.4 Å². The zero-order valence-corrected chi connectivity index (χ0v) is 10.5. The van der Waals surface area contributed by atoms with Gasteiger partial charge in [-0.1, -0.05) is 23.2 Å². The van der Waals surface area contributed by atoms with Crippen LogP contribution in [0.5, 0.6) is 0 Å². The fraction of sp³-hybridized carbons (Fsp3) is 0. The molecule has 0 saturated carbocycles. The Bertz CT molecular complexity index is 590. The summed E-state index contributed by atoms with van der Waals surface area (Å²) in [5.74, 6) is -1.21. The van der Waals surface area contributed by atoms with E-state index in [1.54, 1.807) is 12.1 Å². The van der Waals surface area contributed by atoms with Gasteiger partial charge < -0.3 is 5.32 Å². The van der Waals surface area contributed by atoms with Crippen LogP contribution in [0.3, 0.4) is 0 Å². The maximum absolute atomic E-state index is 13.3. The molecule has 3 nitrogen and oxygen atoms in total. The first kappa shape index (κ1) is 12.8. The number of aromatic nitrogens is 1. The molecular formula is C12H7Cl2FN2O. The first-order valence-electron chi connectivity index (χ1n) is 4.94. The molecule has 0 spiro atoms. The van der Waals surface area contributed by atoms with Gasteiger partial charge in [0.1, 0.15) is 5.82 Å². The van der Waals surface area contributed by atoms with Gasteiger partial charge in [-0.3, -0.25) is 9.78 Å². The number of hydrogen-bond donors (Lipinski definition) is 1. The predicted octanol–water partition coefficient (Wildman–Crippen LogP) is 3.78. The molecule has 0 fully saturated rings. The van der Waals surface area contributed by atoms with Crippen molar-refractivity contribution in [2.24, 2.45) is 0 Å². The quantitative estimate of drug-likeness (QED) is 0.853. The van der Waals surface area contributed by atoms with Gasteiger partial charge in [0.25, 0.3) is 5.91 Å². The van der Waals surface area contributed by atoms with Crippen molar-refractivity contribution < 1.29 is 9.18 Å². The number of nitrogens with zero attached hydrogens (tertiary/aromatic N) is 1. The van der Waals surface area contributed by atoms with Crippen LogP contribution in [0.15, 0.2) is 36.7 Å². The third-order valence-electron chi connectivity index (χ3n) is 2.19. The lowest BCUT2D eigenvalue weighted by atomic mass is 10.2. The summed E-state index contributed by atoms with van der Waals surface area (Å²) in [6.45, 7) is 0. The molecule has 1 N–H and O–H groups in total. The summed E-state index contributed by atoms with van der Waals surface area (Å²) in [7, 11) is 0. The minimum Gasteiger partial charge on any atom is -0.322 e. The predicted molar refractivity (Wildman–Crippen MR) is 68.6 cm³/mol. The Kier molecular flexibility index (Phi) is 3.79. The highest BCUT2D eigenvalue weighted by molar-refractivity contribution is 6.37. The van der Waals surface area contributed by atoms with Crippen LogP contribution < -0.4 is 5.32 Å². The van der Waals surface area contributed by atoms with Crippen LogP contribution in [0, 0.1) is 5.82 Å². The Balaban J connectivity index is 2.27. The first-order valence-corrected chi connectivity index (χ1v) is 5.69. The Morgan fingerprint density at radius 3 is 2.50 bits per heavy atom. The van der Waals surface area contributed by atoms with Gasteiger partial charge in [0, 0.05) is 18.1 Å². The van der Waals surface area contributed by atoms with Crippen molar-refractivity contribution in [1.82, 2.24) is 4.98 Å². The Hall–Kier alpha value is -1.65. The monoisotopic (exact) mass is 284 g/mol. The van der Waals surface area contributed by atoms with E-state index in [4.69, 9.17) is 23.2 Å². The summed E-state index contributed by atoms with van der Waals surface area (Å²) in [6.07, 6.45) is 3.05. The first-order chi connectivity index (χ1) is 8.58. The van der Waals surface area contributed by atoms with Crippen LogP contribution in [0.25, 0.3) is 0 Å². The molecule has 2 rings (SSSR count). The summed E-state index contributed by atoms with van der Waals surface area (Å²) < 4.78 is 13.3. The third-order valence-corrected chi connectivity index (χ3v) is 2.80. The number of hydrogen-bond acceptors (Lipinski definition) is 2. The van der Waals surface area contributed by atoms with E-state index in [1.807, 2.05) is 0 Å². The van der Waals surface area contributed by atoms with Gasteiger partial charge in [-0.2, -0.15) is 0 Å². The van der Waals surface area contributed by atoms with Crippen LogP contribution in [-0.4, -0.2) is 10.9 Å². The number of rotatable bonds is 2. The standard InChI is InChI=1S/C12H7Cl2FN2O/c13-9-6-10(14)11(15)5-8(9)12(18)17-7-1-3-16-4-2-7/h1-6H,(H,16,17,18). The van der Waals surface area contributed by atoms with Crippen molar-refractivity contribution in [3.63, 3.8) is 0 Å². The molecule has 0 radical (unpaired) electrons. The molecule has 0 atom stereocenters.